The Morgan fingerprint density at radius 1 is 0.963 bits per heavy atom. The summed E-state index contributed by atoms with van der Waals surface area (Å²) in [6.07, 6.45) is -4.63. The number of pyridine rings is 1. The molecule has 0 spiro atoms. The molecule has 0 saturated heterocycles. The molecule has 9 heteroatoms. The summed E-state index contributed by atoms with van der Waals surface area (Å²) in [5.74, 6) is -0.599. The Labute approximate surface area is 174 Å². The molecular formula is C18H10F3NNaO3S+. The van der Waals surface area contributed by atoms with Gasteiger partial charge in [-0.1, -0.05) is 30.3 Å². The molecule has 0 atom stereocenters. The number of benzene rings is 2. The largest absolute Gasteiger partial charge is 1.00 e. The number of alkyl halides is 3. The number of aliphatic hydroxyl groups excluding tert-OH is 1. The smallest absolute Gasteiger partial charge is 0.506 e. The van der Waals surface area contributed by atoms with E-state index in [1.165, 1.54) is 12.1 Å². The van der Waals surface area contributed by atoms with E-state index in [0.717, 1.165) is 12.1 Å². The van der Waals surface area contributed by atoms with E-state index >= 15 is 0 Å². The van der Waals surface area contributed by atoms with Gasteiger partial charge < -0.3 is 5.11 Å². The Hall–Kier alpha value is -1.87. The molecule has 1 aromatic heterocycles. The van der Waals surface area contributed by atoms with Crippen LogP contribution in [0.15, 0.2) is 59.6 Å². The minimum absolute atomic E-state index is 0. The molecule has 4 rings (SSSR count). The minimum Gasteiger partial charge on any atom is -0.506 e. The molecule has 4 nitrogen and oxygen atoms in total. The van der Waals surface area contributed by atoms with Crippen LogP contribution in [0.2, 0.25) is 0 Å². The SMILES string of the molecule is O=S1(=O)C(c2cccc(C(F)(F)F)c2)=C(O)c2cc3ccccc3nc21.[Na+]. The van der Waals surface area contributed by atoms with Gasteiger partial charge in [0.2, 0.25) is 9.84 Å². The number of fused-ring (bicyclic) bond motifs is 2. The first-order valence-electron chi connectivity index (χ1n) is 7.46. The van der Waals surface area contributed by atoms with Crippen molar-refractivity contribution in [3.8, 4) is 0 Å². The third-order valence-corrected chi connectivity index (χ3v) is 5.92. The Balaban J connectivity index is 0.00000210. The summed E-state index contributed by atoms with van der Waals surface area (Å²) in [6.45, 7) is 0. The fourth-order valence-electron chi connectivity index (χ4n) is 2.95. The first-order valence-corrected chi connectivity index (χ1v) is 8.94. The third-order valence-electron chi connectivity index (χ3n) is 4.13. The topological polar surface area (TPSA) is 67.3 Å². The minimum atomic E-state index is -4.63. The molecule has 2 heterocycles. The van der Waals surface area contributed by atoms with Gasteiger partial charge in [0.15, 0.2) is 5.03 Å². The van der Waals surface area contributed by atoms with E-state index in [2.05, 4.69) is 4.98 Å². The maximum Gasteiger partial charge on any atom is 1.00 e. The van der Waals surface area contributed by atoms with Crippen molar-refractivity contribution in [1.82, 2.24) is 4.98 Å². The van der Waals surface area contributed by atoms with Crippen LogP contribution in [0.4, 0.5) is 13.2 Å². The van der Waals surface area contributed by atoms with E-state index in [0.29, 0.717) is 17.0 Å². The summed E-state index contributed by atoms with van der Waals surface area (Å²) in [7, 11) is -4.25. The fourth-order valence-corrected chi connectivity index (χ4v) is 4.61. The van der Waals surface area contributed by atoms with E-state index in [4.69, 9.17) is 0 Å². The summed E-state index contributed by atoms with van der Waals surface area (Å²) in [6, 6.07) is 12.0. The number of nitrogens with zero attached hydrogens (tertiary/aromatic N) is 1. The first kappa shape index (κ1) is 19.9. The summed E-state index contributed by atoms with van der Waals surface area (Å²) in [4.78, 5) is 3.53. The summed E-state index contributed by atoms with van der Waals surface area (Å²) in [5, 5.41) is 10.7. The maximum atomic E-state index is 13.0. The number of halogens is 3. The van der Waals surface area contributed by atoms with Crippen molar-refractivity contribution in [2.75, 3.05) is 0 Å². The molecule has 0 amide bonds. The molecular weight excluding hydrogens is 390 g/mol. The zero-order valence-electron chi connectivity index (χ0n) is 13.9. The molecule has 1 N–H and O–H groups in total. The van der Waals surface area contributed by atoms with Gasteiger partial charge in [0.1, 0.15) is 10.7 Å². The molecule has 0 unspecified atom stereocenters. The van der Waals surface area contributed by atoms with Crippen LogP contribution in [0.3, 0.4) is 0 Å². The van der Waals surface area contributed by atoms with Crippen LogP contribution in [0, 0.1) is 0 Å². The Morgan fingerprint density at radius 3 is 2.37 bits per heavy atom. The van der Waals surface area contributed by atoms with Crippen LogP contribution >= 0.6 is 0 Å². The zero-order valence-corrected chi connectivity index (χ0v) is 16.8. The fraction of sp³-hybridized carbons (Fsp3) is 0.0556. The van der Waals surface area contributed by atoms with Gasteiger partial charge in [-0.2, -0.15) is 13.2 Å². The summed E-state index contributed by atoms with van der Waals surface area (Å²) >= 11 is 0. The average molecular weight is 400 g/mol. The van der Waals surface area contributed by atoms with Gasteiger partial charge in [0, 0.05) is 5.39 Å². The van der Waals surface area contributed by atoms with Crippen LogP contribution in [0.1, 0.15) is 16.7 Å². The van der Waals surface area contributed by atoms with E-state index in [9.17, 15) is 26.7 Å². The van der Waals surface area contributed by atoms with Crippen molar-refractivity contribution in [3.05, 3.63) is 71.3 Å². The Morgan fingerprint density at radius 2 is 1.67 bits per heavy atom. The number of aromatic nitrogens is 1. The molecule has 0 radical (unpaired) electrons. The second-order valence-electron chi connectivity index (χ2n) is 5.79. The van der Waals surface area contributed by atoms with Crippen molar-refractivity contribution in [1.29, 1.82) is 0 Å². The monoisotopic (exact) mass is 400 g/mol. The predicted octanol–water partition coefficient (Wildman–Crippen LogP) is 1.43. The van der Waals surface area contributed by atoms with Crippen LogP contribution in [0.5, 0.6) is 0 Å². The number of aliphatic hydroxyl groups is 1. The van der Waals surface area contributed by atoms with Gasteiger partial charge in [-0.05, 0) is 29.8 Å². The molecule has 0 bridgehead atoms. The van der Waals surface area contributed by atoms with Gasteiger partial charge in [-0.25, -0.2) is 13.4 Å². The van der Waals surface area contributed by atoms with Crippen LogP contribution < -0.4 is 29.6 Å². The summed E-state index contributed by atoms with van der Waals surface area (Å²) in [5.41, 5.74) is -0.844. The molecule has 132 valence electrons. The van der Waals surface area contributed by atoms with E-state index < -0.39 is 32.2 Å². The number of rotatable bonds is 1. The van der Waals surface area contributed by atoms with E-state index in [-0.39, 0.29) is 45.7 Å². The van der Waals surface area contributed by atoms with Crippen molar-refractivity contribution in [2.45, 2.75) is 11.2 Å². The zero-order chi connectivity index (χ0) is 18.7. The van der Waals surface area contributed by atoms with Gasteiger partial charge in [-0.15, -0.1) is 0 Å². The van der Waals surface area contributed by atoms with Gasteiger partial charge in [-0.3, -0.25) is 0 Å². The second kappa shape index (κ2) is 6.63. The standard InChI is InChI=1S/C18H10F3NO3S.Na/c19-18(20,21)12-6-3-5-11(8-12)16-15(23)13-9-10-4-1-2-7-14(10)22-17(13)26(16,24)25;/h1-9,23H;/q;+1. The second-order valence-corrected chi connectivity index (χ2v) is 7.60. The predicted molar refractivity (Wildman–Crippen MR) is 89.8 cm³/mol. The average Bonchev–Trinajstić information content (AvgIpc) is 2.78. The molecule has 0 aliphatic carbocycles. The van der Waals surface area contributed by atoms with E-state index in [1.807, 2.05) is 0 Å². The number of hydrogen-bond donors (Lipinski definition) is 1. The molecule has 0 fully saturated rings. The maximum absolute atomic E-state index is 13.0. The Bertz CT molecular complexity index is 1200. The summed E-state index contributed by atoms with van der Waals surface area (Å²) < 4.78 is 64.5. The quantitative estimate of drug-likeness (QED) is 0.628. The Kier molecular flexibility index (Phi) is 4.88. The normalized spacial score (nSPS) is 15.5. The third kappa shape index (κ3) is 3.16. The van der Waals surface area contributed by atoms with Crippen molar-refractivity contribution in [2.24, 2.45) is 0 Å². The molecule has 27 heavy (non-hydrogen) atoms. The van der Waals surface area contributed by atoms with Gasteiger partial charge in [0.05, 0.1) is 16.6 Å². The van der Waals surface area contributed by atoms with Gasteiger partial charge in [0.25, 0.3) is 0 Å². The molecule has 2 aromatic carbocycles. The first-order chi connectivity index (χ1) is 12.2. The number of hydrogen-bond acceptors (Lipinski definition) is 4. The van der Waals surface area contributed by atoms with Crippen LogP contribution in [-0.2, 0) is 16.0 Å². The van der Waals surface area contributed by atoms with Crippen molar-refractivity contribution in [3.63, 3.8) is 0 Å². The van der Waals surface area contributed by atoms with Crippen LogP contribution in [-0.4, -0.2) is 18.5 Å². The van der Waals surface area contributed by atoms with E-state index in [1.54, 1.807) is 24.3 Å². The molecule has 0 saturated carbocycles. The molecule has 1 aliphatic rings. The number of sulfone groups is 1. The van der Waals surface area contributed by atoms with Gasteiger partial charge >= 0.3 is 35.7 Å². The van der Waals surface area contributed by atoms with Crippen molar-refractivity contribution >= 4 is 31.4 Å². The van der Waals surface area contributed by atoms with Crippen molar-refractivity contribution < 1.29 is 56.3 Å². The number of para-hydroxylation sites is 1. The molecule has 1 aliphatic heterocycles. The molecule has 3 aromatic rings. The van der Waals surface area contributed by atoms with Crippen LogP contribution in [0.25, 0.3) is 21.6 Å².